The second-order valence-electron chi connectivity index (χ2n) is 12.1. The third kappa shape index (κ3) is 4.78. The molecule has 2 aromatic heterocycles. The van der Waals surface area contributed by atoms with E-state index < -0.39 is 5.82 Å². The Labute approximate surface area is 244 Å². The summed E-state index contributed by atoms with van der Waals surface area (Å²) < 4.78 is 44.5. The van der Waals surface area contributed by atoms with E-state index >= 15 is 4.39 Å². The quantitative estimate of drug-likeness (QED) is 0.260. The lowest BCUT2D eigenvalue weighted by Gasteiger charge is -2.30. The summed E-state index contributed by atoms with van der Waals surface area (Å²) >= 11 is 0. The Morgan fingerprint density at radius 3 is 2.62 bits per heavy atom. The van der Waals surface area contributed by atoms with Gasteiger partial charge in [0, 0.05) is 18.2 Å². The molecule has 42 heavy (non-hydrogen) atoms. The zero-order valence-electron chi connectivity index (χ0n) is 24.1. The van der Waals surface area contributed by atoms with Crippen molar-refractivity contribution >= 4 is 27.4 Å². The summed E-state index contributed by atoms with van der Waals surface area (Å²) in [5.41, 5.74) is 1.72. The second kappa shape index (κ2) is 11.2. The van der Waals surface area contributed by atoms with Crippen LogP contribution in [0, 0.1) is 17.6 Å². The van der Waals surface area contributed by atoms with E-state index in [4.69, 9.17) is 19.4 Å². The molecular formula is C34H37F2N3O3. The molecule has 1 N–H and O–H groups in total. The minimum absolute atomic E-state index is 0.0151. The van der Waals surface area contributed by atoms with E-state index in [0.29, 0.717) is 64.6 Å². The fourth-order valence-electron chi connectivity index (χ4n) is 7.21. The van der Waals surface area contributed by atoms with Crippen LogP contribution in [0.4, 0.5) is 14.5 Å². The number of rotatable bonds is 5. The summed E-state index contributed by atoms with van der Waals surface area (Å²) in [4.78, 5) is 11.8. The Hall–Kier alpha value is -3.68. The van der Waals surface area contributed by atoms with Gasteiger partial charge in [0.1, 0.15) is 29.4 Å². The Morgan fingerprint density at radius 1 is 0.976 bits per heavy atom. The molecule has 6 nitrogen and oxygen atoms in total. The number of halogens is 2. The summed E-state index contributed by atoms with van der Waals surface area (Å²) in [6.07, 6.45) is 10.6. The molecule has 2 aliphatic heterocycles. The number of aromatic hydroxyl groups is 1. The van der Waals surface area contributed by atoms with Crippen molar-refractivity contribution in [3.05, 3.63) is 47.5 Å². The van der Waals surface area contributed by atoms with Gasteiger partial charge in [-0.25, -0.2) is 18.7 Å². The summed E-state index contributed by atoms with van der Waals surface area (Å²) in [7, 11) is 0. The van der Waals surface area contributed by atoms with E-state index in [1.165, 1.54) is 31.4 Å². The molecule has 7 rings (SSSR count). The molecule has 0 spiro atoms. The second-order valence-corrected chi connectivity index (χ2v) is 12.1. The molecule has 2 aromatic carbocycles. The van der Waals surface area contributed by atoms with Crippen molar-refractivity contribution in [3.63, 3.8) is 0 Å². The van der Waals surface area contributed by atoms with Gasteiger partial charge in [0.25, 0.3) is 0 Å². The molecule has 0 amide bonds. The molecule has 4 aromatic rings. The molecule has 1 saturated carbocycles. The zero-order chi connectivity index (χ0) is 28.8. The van der Waals surface area contributed by atoms with Gasteiger partial charge in [-0.05, 0) is 72.6 Å². The first-order chi connectivity index (χ1) is 20.5. The average molecular weight is 574 g/mol. The van der Waals surface area contributed by atoms with Crippen LogP contribution in [0.25, 0.3) is 32.9 Å². The molecule has 2 fully saturated rings. The monoisotopic (exact) mass is 573 g/mol. The highest BCUT2D eigenvalue weighted by Crippen LogP contribution is 2.45. The number of hydrogen-bond donors (Lipinski definition) is 1. The summed E-state index contributed by atoms with van der Waals surface area (Å²) in [5, 5.41) is 12.3. The smallest absolute Gasteiger partial charge is 0.225 e. The molecule has 8 heteroatoms. The topological polar surface area (TPSA) is 67.7 Å². The fraction of sp³-hybridized carbons (Fsp3) is 0.471. The molecule has 1 unspecified atom stereocenters. The van der Waals surface area contributed by atoms with Crippen molar-refractivity contribution < 1.29 is 23.4 Å². The molecule has 1 aliphatic carbocycles. The van der Waals surface area contributed by atoms with Crippen LogP contribution in [0.15, 0.2) is 30.3 Å². The van der Waals surface area contributed by atoms with Crippen LogP contribution in [0.5, 0.6) is 17.5 Å². The number of ether oxygens (including phenoxy) is 2. The maximum absolute atomic E-state index is 16.9. The maximum Gasteiger partial charge on any atom is 0.225 e. The van der Waals surface area contributed by atoms with Gasteiger partial charge in [0.05, 0.1) is 23.7 Å². The molecule has 4 heterocycles. The van der Waals surface area contributed by atoms with E-state index in [2.05, 4.69) is 4.90 Å². The lowest BCUT2D eigenvalue weighted by Crippen LogP contribution is -2.38. The van der Waals surface area contributed by atoms with Crippen LogP contribution in [0.3, 0.4) is 0 Å². The maximum atomic E-state index is 16.9. The van der Waals surface area contributed by atoms with Gasteiger partial charge < -0.3 is 19.5 Å². The molecule has 1 saturated heterocycles. The van der Waals surface area contributed by atoms with E-state index in [-0.39, 0.29) is 28.8 Å². The average Bonchev–Trinajstić information content (AvgIpc) is 3.32. The van der Waals surface area contributed by atoms with Gasteiger partial charge in [0.2, 0.25) is 11.8 Å². The third-order valence-corrected chi connectivity index (χ3v) is 9.37. The Bertz CT molecular complexity index is 1650. The van der Waals surface area contributed by atoms with Gasteiger partial charge in [-0.15, -0.1) is 0 Å². The van der Waals surface area contributed by atoms with Gasteiger partial charge in [-0.1, -0.05) is 45.1 Å². The number of benzene rings is 2. The van der Waals surface area contributed by atoms with E-state index in [9.17, 15) is 9.50 Å². The van der Waals surface area contributed by atoms with Gasteiger partial charge in [-0.3, -0.25) is 0 Å². The summed E-state index contributed by atoms with van der Waals surface area (Å²) in [5.74, 6) is 0.121. The molecule has 1 atom stereocenters. The van der Waals surface area contributed by atoms with E-state index in [0.717, 1.165) is 50.8 Å². The van der Waals surface area contributed by atoms with Crippen molar-refractivity contribution in [2.24, 2.45) is 5.92 Å². The minimum Gasteiger partial charge on any atom is -0.508 e. The van der Waals surface area contributed by atoms with E-state index in [1.54, 1.807) is 12.1 Å². The molecule has 0 radical (unpaired) electrons. The highest BCUT2D eigenvalue weighted by atomic mass is 19.1. The molecule has 0 bridgehead atoms. The lowest BCUT2D eigenvalue weighted by molar-refractivity contribution is 0.203. The third-order valence-electron chi connectivity index (χ3n) is 9.37. The normalized spacial score (nSPS) is 19.3. The van der Waals surface area contributed by atoms with Crippen LogP contribution in [-0.2, 0) is 6.42 Å². The molecule has 220 valence electrons. The number of aryl methyl sites for hydroxylation is 1. The first kappa shape index (κ1) is 27.2. The van der Waals surface area contributed by atoms with Gasteiger partial charge in [-0.2, -0.15) is 0 Å². The van der Waals surface area contributed by atoms with Crippen LogP contribution in [0.2, 0.25) is 0 Å². The zero-order valence-corrected chi connectivity index (χ0v) is 24.1. The molecular weight excluding hydrogens is 536 g/mol. The standard InChI is InChI=1S/C34H37F2N3O3/c1-2-24-26(35)13-12-21-15-23(40)16-25(29(21)24)32-31(36)33-30-27(17-28(37-33)41-18-20-9-5-3-6-10-20)39-14-8-4-7-11-22(39)19-42-34(30)38-32/h12-13,15-17,20,22,40H,2-11,14,18-19H2,1H3. The number of pyridine rings is 2. The highest BCUT2D eigenvalue weighted by molar-refractivity contribution is 6.04. The van der Waals surface area contributed by atoms with E-state index in [1.807, 2.05) is 13.0 Å². The van der Waals surface area contributed by atoms with Crippen LogP contribution < -0.4 is 14.4 Å². The van der Waals surface area contributed by atoms with Crippen LogP contribution in [0.1, 0.15) is 70.3 Å². The molecule has 3 aliphatic rings. The van der Waals surface area contributed by atoms with Crippen molar-refractivity contribution in [1.82, 2.24) is 9.97 Å². The first-order valence-electron chi connectivity index (χ1n) is 15.5. The number of fused-ring (bicyclic) bond motifs is 3. The number of aromatic nitrogens is 2. The SMILES string of the molecule is CCc1c(F)ccc2cc(O)cc(-c3nc4c5c(cc(OCC6CCCCC6)nc5c3F)N3CCCCCC3CO4)c12. The minimum atomic E-state index is -0.631. The first-order valence-corrected chi connectivity index (χ1v) is 15.5. The summed E-state index contributed by atoms with van der Waals surface area (Å²) in [6.45, 7) is 3.68. The predicted octanol–water partition coefficient (Wildman–Crippen LogP) is 8.10. The lowest BCUT2D eigenvalue weighted by atomic mass is 9.90. The predicted molar refractivity (Wildman–Crippen MR) is 161 cm³/mol. The highest BCUT2D eigenvalue weighted by Gasteiger charge is 2.32. The largest absolute Gasteiger partial charge is 0.508 e. The van der Waals surface area contributed by atoms with Crippen molar-refractivity contribution in [2.45, 2.75) is 77.2 Å². The van der Waals surface area contributed by atoms with Crippen molar-refractivity contribution in [2.75, 3.05) is 24.7 Å². The Kier molecular flexibility index (Phi) is 7.24. The number of phenolic OH excluding ortho intramolecular Hbond substituents is 1. The van der Waals surface area contributed by atoms with Crippen LogP contribution >= 0.6 is 0 Å². The number of phenols is 1. The van der Waals surface area contributed by atoms with Gasteiger partial charge >= 0.3 is 0 Å². The summed E-state index contributed by atoms with van der Waals surface area (Å²) in [6, 6.07) is 8.08. The van der Waals surface area contributed by atoms with Crippen molar-refractivity contribution in [1.29, 1.82) is 0 Å². The van der Waals surface area contributed by atoms with Gasteiger partial charge in [0.15, 0.2) is 5.82 Å². The number of anilines is 1. The number of hydrogen-bond acceptors (Lipinski definition) is 6. The van der Waals surface area contributed by atoms with Crippen molar-refractivity contribution in [3.8, 4) is 28.8 Å². The number of nitrogens with zero attached hydrogens (tertiary/aromatic N) is 3. The fourth-order valence-corrected chi connectivity index (χ4v) is 7.21. The Morgan fingerprint density at radius 2 is 1.79 bits per heavy atom. The van der Waals surface area contributed by atoms with Crippen LogP contribution in [-0.4, -0.2) is 40.9 Å². The Balaban J connectivity index is 1.45.